The molecular formula is C20H35N3O2. The topological polar surface area (TPSA) is 43.9 Å². The highest BCUT2D eigenvalue weighted by molar-refractivity contribution is 5.80. The van der Waals surface area contributed by atoms with Gasteiger partial charge in [0.2, 0.25) is 5.91 Å². The van der Waals surface area contributed by atoms with Gasteiger partial charge in [0.1, 0.15) is 0 Å². The molecule has 0 radical (unpaired) electrons. The molecule has 0 spiro atoms. The van der Waals surface area contributed by atoms with Crippen LogP contribution in [0.3, 0.4) is 0 Å². The molecule has 142 valence electrons. The molecule has 0 N–H and O–H groups in total. The van der Waals surface area contributed by atoms with E-state index in [1.807, 2.05) is 9.80 Å². The number of likely N-dealkylation sites (tertiary alicyclic amines) is 3. The molecule has 3 amide bonds. The summed E-state index contributed by atoms with van der Waals surface area (Å²) in [7, 11) is 0. The summed E-state index contributed by atoms with van der Waals surface area (Å²) in [4.78, 5) is 31.5. The van der Waals surface area contributed by atoms with Crippen molar-refractivity contribution >= 4 is 11.9 Å². The van der Waals surface area contributed by atoms with Gasteiger partial charge >= 0.3 is 6.03 Å². The van der Waals surface area contributed by atoms with Crippen LogP contribution in [-0.4, -0.2) is 65.9 Å². The molecule has 0 aromatic heterocycles. The van der Waals surface area contributed by atoms with Crippen LogP contribution >= 0.6 is 0 Å². The van der Waals surface area contributed by atoms with Crippen molar-refractivity contribution in [3.8, 4) is 0 Å². The molecule has 0 aromatic rings. The molecule has 3 aliphatic heterocycles. The second kappa shape index (κ2) is 8.41. The molecule has 0 unspecified atom stereocenters. The van der Waals surface area contributed by atoms with E-state index in [1.54, 1.807) is 0 Å². The third-order valence-corrected chi connectivity index (χ3v) is 6.52. The van der Waals surface area contributed by atoms with Gasteiger partial charge in [0.05, 0.1) is 0 Å². The maximum absolute atomic E-state index is 12.9. The molecule has 3 heterocycles. The van der Waals surface area contributed by atoms with E-state index < -0.39 is 0 Å². The van der Waals surface area contributed by atoms with Crippen LogP contribution in [0.15, 0.2) is 0 Å². The highest BCUT2D eigenvalue weighted by Crippen LogP contribution is 2.27. The van der Waals surface area contributed by atoms with Crippen LogP contribution in [0.1, 0.15) is 58.8 Å². The maximum atomic E-state index is 12.9. The van der Waals surface area contributed by atoms with Gasteiger partial charge in [-0.1, -0.05) is 13.8 Å². The Kier molecular flexibility index (Phi) is 6.24. The first-order valence-electron chi connectivity index (χ1n) is 10.4. The number of urea groups is 1. The number of hydrogen-bond acceptors (Lipinski definition) is 2. The normalized spacial score (nSPS) is 26.2. The van der Waals surface area contributed by atoms with E-state index in [-0.39, 0.29) is 11.9 Å². The maximum Gasteiger partial charge on any atom is 0.319 e. The molecule has 25 heavy (non-hydrogen) atoms. The summed E-state index contributed by atoms with van der Waals surface area (Å²) < 4.78 is 0. The lowest BCUT2D eigenvalue weighted by molar-refractivity contribution is -0.136. The quantitative estimate of drug-likeness (QED) is 0.768. The van der Waals surface area contributed by atoms with Crippen molar-refractivity contribution in [2.24, 2.45) is 17.8 Å². The van der Waals surface area contributed by atoms with E-state index in [0.717, 1.165) is 89.6 Å². The molecule has 3 saturated heterocycles. The van der Waals surface area contributed by atoms with Crippen LogP contribution in [0, 0.1) is 17.8 Å². The number of amides is 3. The molecule has 3 aliphatic rings. The van der Waals surface area contributed by atoms with Gasteiger partial charge in [0.25, 0.3) is 0 Å². The van der Waals surface area contributed by atoms with Crippen LogP contribution in [0.5, 0.6) is 0 Å². The van der Waals surface area contributed by atoms with Crippen molar-refractivity contribution in [3.05, 3.63) is 0 Å². The van der Waals surface area contributed by atoms with E-state index in [1.165, 1.54) is 6.42 Å². The molecule has 1 atom stereocenters. The molecule has 3 rings (SSSR count). The first kappa shape index (κ1) is 18.5. The van der Waals surface area contributed by atoms with Crippen molar-refractivity contribution in [2.45, 2.75) is 58.8 Å². The molecule has 5 heteroatoms. The monoisotopic (exact) mass is 349 g/mol. The Labute approximate surface area is 152 Å². The number of piperidine rings is 1. The van der Waals surface area contributed by atoms with E-state index in [0.29, 0.717) is 5.91 Å². The average Bonchev–Trinajstić information content (AvgIpc) is 3.04. The molecule has 0 bridgehead atoms. The average molecular weight is 350 g/mol. The summed E-state index contributed by atoms with van der Waals surface area (Å²) in [6, 6.07) is 0.193. The molecule has 5 nitrogen and oxygen atoms in total. The van der Waals surface area contributed by atoms with E-state index in [9.17, 15) is 9.59 Å². The minimum Gasteiger partial charge on any atom is -0.342 e. The fourth-order valence-corrected chi connectivity index (χ4v) is 4.69. The Morgan fingerprint density at radius 3 is 1.92 bits per heavy atom. The van der Waals surface area contributed by atoms with Gasteiger partial charge in [-0.3, -0.25) is 4.79 Å². The largest absolute Gasteiger partial charge is 0.342 e. The smallest absolute Gasteiger partial charge is 0.319 e. The van der Waals surface area contributed by atoms with Crippen LogP contribution in [0.25, 0.3) is 0 Å². The zero-order chi connectivity index (χ0) is 17.8. The Hall–Kier alpha value is -1.26. The number of carbonyl (C=O) groups excluding carboxylic acids is 2. The highest BCUT2D eigenvalue weighted by Gasteiger charge is 2.33. The summed E-state index contributed by atoms with van der Waals surface area (Å²) in [5.41, 5.74) is 0. The SMILES string of the molecule is CC(C)[C@H]1CCCN(C(=O)C2CCN(C(=O)N3CCCC3)CC2)CC1. The van der Waals surface area contributed by atoms with Gasteiger partial charge in [0, 0.05) is 45.2 Å². The highest BCUT2D eigenvalue weighted by atomic mass is 16.2. The summed E-state index contributed by atoms with van der Waals surface area (Å²) in [6.07, 6.45) is 7.48. The molecule has 3 fully saturated rings. The third-order valence-electron chi connectivity index (χ3n) is 6.52. The molecule has 0 aromatic carbocycles. The van der Waals surface area contributed by atoms with Crippen LogP contribution in [-0.2, 0) is 4.79 Å². The first-order valence-corrected chi connectivity index (χ1v) is 10.4. The van der Waals surface area contributed by atoms with Crippen molar-refractivity contribution in [1.82, 2.24) is 14.7 Å². The Balaban J connectivity index is 1.47. The van der Waals surface area contributed by atoms with E-state index >= 15 is 0 Å². The first-order chi connectivity index (χ1) is 12.1. The minimum atomic E-state index is 0.123. The van der Waals surface area contributed by atoms with Crippen LogP contribution in [0.4, 0.5) is 4.79 Å². The minimum absolute atomic E-state index is 0.123. The van der Waals surface area contributed by atoms with Crippen LogP contribution < -0.4 is 0 Å². The summed E-state index contributed by atoms with van der Waals surface area (Å²) in [5.74, 6) is 1.95. The van der Waals surface area contributed by atoms with Crippen molar-refractivity contribution < 1.29 is 9.59 Å². The third kappa shape index (κ3) is 4.48. The van der Waals surface area contributed by atoms with Gasteiger partial charge in [-0.05, 0) is 56.8 Å². The number of rotatable bonds is 2. The lowest BCUT2D eigenvalue weighted by Gasteiger charge is -2.35. The zero-order valence-electron chi connectivity index (χ0n) is 16.1. The van der Waals surface area contributed by atoms with Crippen LogP contribution in [0.2, 0.25) is 0 Å². The van der Waals surface area contributed by atoms with Crippen molar-refractivity contribution in [1.29, 1.82) is 0 Å². The summed E-state index contributed by atoms with van der Waals surface area (Å²) >= 11 is 0. The summed E-state index contributed by atoms with van der Waals surface area (Å²) in [5, 5.41) is 0. The summed E-state index contributed by atoms with van der Waals surface area (Å²) in [6.45, 7) is 9.75. The second-order valence-corrected chi connectivity index (χ2v) is 8.50. The van der Waals surface area contributed by atoms with Gasteiger partial charge in [0.15, 0.2) is 0 Å². The van der Waals surface area contributed by atoms with Crippen molar-refractivity contribution in [3.63, 3.8) is 0 Å². The fourth-order valence-electron chi connectivity index (χ4n) is 4.69. The predicted octanol–water partition coefficient (Wildman–Crippen LogP) is 3.20. The number of hydrogen-bond donors (Lipinski definition) is 0. The van der Waals surface area contributed by atoms with Gasteiger partial charge < -0.3 is 14.7 Å². The van der Waals surface area contributed by atoms with Gasteiger partial charge in [-0.15, -0.1) is 0 Å². The molecular weight excluding hydrogens is 314 g/mol. The Morgan fingerprint density at radius 2 is 1.28 bits per heavy atom. The van der Waals surface area contributed by atoms with Crippen molar-refractivity contribution in [2.75, 3.05) is 39.3 Å². The van der Waals surface area contributed by atoms with E-state index in [2.05, 4.69) is 18.7 Å². The van der Waals surface area contributed by atoms with Gasteiger partial charge in [-0.25, -0.2) is 4.79 Å². The zero-order valence-corrected chi connectivity index (χ0v) is 16.1. The van der Waals surface area contributed by atoms with E-state index in [4.69, 9.17) is 0 Å². The lowest BCUT2D eigenvalue weighted by atomic mass is 9.89. The number of nitrogens with zero attached hydrogens (tertiary/aromatic N) is 3. The molecule has 0 saturated carbocycles. The Morgan fingerprint density at radius 1 is 0.720 bits per heavy atom. The standard InChI is InChI=1S/C20H35N3O2/c1-16(2)17-6-5-12-21(13-7-17)19(24)18-8-14-23(15-9-18)20(25)22-10-3-4-11-22/h16-18H,3-15H2,1-2H3/t17-/m0/s1. The Bertz CT molecular complexity index is 466. The lowest BCUT2D eigenvalue weighted by Crippen LogP contribution is -2.48. The van der Waals surface area contributed by atoms with Gasteiger partial charge in [-0.2, -0.15) is 0 Å². The second-order valence-electron chi connectivity index (χ2n) is 8.50. The predicted molar refractivity (Wildman–Crippen MR) is 99.3 cm³/mol. The fraction of sp³-hybridized carbons (Fsp3) is 0.900. The number of carbonyl (C=O) groups is 2. The molecule has 0 aliphatic carbocycles.